The molecule has 0 amide bonds. The third-order valence-electron chi connectivity index (χ3n) is 4.06. The van der Waals surface area contributed by atoms with E-state index in [0.717, 1.165) is 36.2 Å². The van der Waals surface area contributed by atoms with Crippen molar-refractivity contribution < 1.29 is 0 Å². The van der Waals surface area contributed by atoms with Crippen molar-refractivity contribution in [1.82, 2.24) is 9.88 Å². The number of anilines is 1. The Balaban J connectivity index is 1.47. The van der Waals surface area contributed by atoms with Crippen LogP contribution < -0.4 is 11.1 Å². The molecular formula is C16H23N5S. The fraction of sp³-hybridized carbons (Fsp3) is 0.500. The van der Waals surface area contributed by atoms with Crippen LogP contribution in [-0.4, -0.2) is 42.0 Å². The van der Waals surface area contributed by atoms with Crippen molar-refractivity contribution in [2.24, 2.45) is 16.6 Å². The van der Waals surface area contributed by atoms with Crippen LogP contribution in [0.5, 0.6) is 0 Å². The number of rotatable bonds is 4. The summed E-state index contributed by atoms with van der Waals surface area (Å²) in [4.78, 5) is 11.2. The van der Waals surface area contributed by atoms with E-state index in [9.17, 15) is 0 Å². The Morgan fingerprint density at radius 1 is 1.41 bits per heavy atom. The average Bonchev–Trinajstić information content (AvgIpc) is 2.95. The summed E-state index contributed by atoms with van der Waals surface area (Å²) >= 11 is 1.67. The molecule has 1 saturated heterocycles. The lowest BCUT2D eigenvalue weighted by Crippen LogP contribution is -2.42. The third kappa shape index (κ3) is 3.68. The molecule has 1 aromatic carbocycles. The van der Waals surface area contributed by atoms with Gasteiger partial charge < -0.3 is 16.0 Å². The topological polar surface area (TPSA) is 66.5 Å². The van der Waals surface area contributed by atoms with Crippen LogP contribution in [0.15, 0.2) is 29.3 Å². The number of hydrogen-bond acceptors (Lipinski definition) is 4. The van der Waals surface area contributed by atoms with Gasteiger partial charge in [0.2, 0.25) is 0 Å². The number of fused-ring (bicyclic) bond motifs is 1. The second kappa shape index (κ2) is 6.96. The summed E-state index contributed by atoms with van der Waals surface area (Å²) in [6.45, 7) is 5.79. The van der Waals surface area contributed by atoms with Gasteiger partial charge in [-0.2, -0.15) is 0 Å². The first-order chi connectivity index (χ1) is 10.7. The van der Waals surface area contributed by atoms with Gasteiger partial charge in [-0.15, -0.1) is 0 Å². The number of benzene rings is 1. The van der Waals surface area contributed by atoms with Gasteiger partial charge in [0.15, 0.2) is 11.1 Å². The molecule has 0 aliphatic carbocycles. The smallest absolute Gasteiger partial charge is 0.191 e. The number of nitrogens with zero attached hydrogens (tertiary/aromatic N) is 3. The lowest BCUT2D eigenvalue weighted by Gasteiger charge is -2.31. The Morgan fingerprint density at radius 2 is 2.18 bits per heavy atom. The van der Waals surface area contributed by atoms with Gasteiger partial charge in [0, 0.05) is 19.6 Å². The zero-order chi connectivity index (χ0) is 15.4. The predicted molar refractivity (Wildman–Crippen MR) is 94.6 cm³/mol. The monoisotopic (exact) mass is 317 g/mol. The SMILES string of the molecule is CC1CCN(C(N)=NCCNc2nc3ccccc3s2)CC1. The first-order valence-corrected chi connectivity index (χ1v) is 8.68. The predicted octanol–water partition coefficient (Wildman–Crippen LogP) is 2.75. The molecule has 2 heterocycles. The summed E-state index contributed by atoms with van der Waals surface area (Å²) in [5, 5.41) is 4.27. The van der Waals surface area contributed by atoms with Gasteiger partial charge in [-0.1, -0.05) is 30.4 Å². The number of nitrogens with one attached hydrogen (secondary N) is 1. The van der Waals surface area contributed by atoms with Gasteiger partial charge in [0.1, 0.15) is 0 Å². The van der Waals surface area contributed by atoms with E-state index in [-0.39, 0.29) is 0 Å². The van der Waals surface area contributed by atoms with E-state index in [1.807, 2.05) is 18.2 Å². The van der Waals surface area contributed by atoms with Crippen LogP contribution >= 0.6 is 11.3 Å². The van der Waals surface area contributed by atoms with Crippen molar-refractivity contribution in [2.75, 3.05) is 31.5 Å². The van der Waals surface area contributed by atoms with Gasteiger partial charge in [-0.05, 0) is 30.9 Å². The van der Waals surface area contributed by atoms with Crippen LogP contribution in [0.3, 0.4) is 0 Å². The van der Waals surface area contributed by atoms with Crippen LogP contribution in [0.25, 0.3) is 10.2 Å². The van der Waals surface area contributed by atoms with Gasteiger partial charge in [-0.3, -0.25) is 4.99 Å². The Labute approximate surface area is 135 Å². The molecule has 3 rings (SSSR count). The maximum Gasteiger partial charge on any atom is 0.191 e. The molecule has 0 spiro atoms. The number of likely N-dealkylation sites (tertiary alicyclic amines) is 1. The van der Waals surface area contributed by atoms with Crippen molar-refractivity contribution in [2.45, 2.75) is 19.8 Å². The van der Waals surface area contributed by atoms with Gasteiger partial charge in [0.25, 0.3) is 0 Å². The van der Waals surface area contributed by atoms with E-state index in [4.69, 9.17) is 5.73 Å². The molecule has 1 fully saturated rings. The minimum absolute atomic E-state index is 0.674. The molecular weight excluding hydrogens is 294 g/mol. The van der Waals surface area contributed by atoms with E-state index < -0.39 is 0 Å². The van der Waals surface area contributed by atoms with E-state index in [1.54, 1.807) is 11.3 Å². The van der Waals surface area contributed by atoms with Crippen LogP contribution in [0.2, 0.25) is 0 Å². The summed E-state index contributed by atoms with van der Waals surface area (Å²) < 4.78 is 1.20. The molecule has 1 aliphatic rings. The van der Waals surface area contributed by atoms with Crippen molar-refractivity contribution in [3.05, 3.63) is 24.3 Å². The summed E-state index contributed by atoms with van der Waals surface area (Å²) in [6.07, 6.45) is 2.42. The van der Waals surface area contributed by atoms with E-state index >= 15 is 0 Å². The summed E-state index contributed by atoms with van der Waals surface area (Å²) in [6, 6.07) is 8.17. The number of guanidine groups is 1. The fourth-order valence-electron chi connectivity index (χ4n) is 2.62. The molecule has 0 radical (unpaired) electrons. The van der Waals surface area contributed by atoms with Crippen LogP contribution in [0.1, 0.15) is 19.8 Å². The van der Waals surface area contributed by atoms with Crippen LogP contribution in [-0.2, 0) is 0 Å². The number of hydrogen-bond donors (Lipinski definition) is 2. The molecule has 118 valence electrons. The fourth-order valence-corrected chi connectivity index (χ4v) is 3.51. The highest BCUT2D eigenvalue weighted by Gasteiger charge is 2.16. The molecule has 22 heavy (non-hydrogen) atoms. The summed E-state index contributed by atoms with van der Waals surface area (Å²) in [5.41, 5.74) is 7.11. The number of thiazole rings is 1. The first-order valence-electron chi connectivity index (χ1n) is 7.86. The molecule has 0 unspecified atom stereocenters. The number of nitrogens with two attached hydrogens (primary N) is 1. The molecule has 3 N–H and O–H groups in total. The van der Waals surface area contributed by atoms with E-state index in [2.05, 4.69) is 33.2 Å². The molecule has 5 nitrogen and oxygen atoms in total. The summed E-state index contributed by atoms with van der Waals surface area (Å²) in [5.74, 6) is 1.49. The minimum Gasteiger partial charge on any atom is -0.370 e. The van der Waals surface area contributed by atoms with Crippen molar-refractivity contribution in [3.63, 3.8) is 0 Å². The Kier molecular flexibility index (Phi) is 4.77. The zero-order valence-corrected chi connectivity index (χ0v) is 13.8. The summed E-state index contributed by atoms with van der Waals surface area (Å²) in [7, 11) is 0. The second-order valence-corrected chi connectivity index (χ2v) is 6.85. The number of piperidine rings is 1. The quantitative estimate of drug-likeness (QED) is 0.517. The molecule has 0 saturated carbocycles. The van der Waals surface area contributed by atoms with Gasteiger partial charge >= 0.3 is 0 Å². The second-order valence-electron chi connectivity index (χ2n) is 5.82. The Bertz CT molecular complexity index is 610. The normalized spacial score (nSPS) is 17.1. The van der Waals surface area contributed by atoms with Crippen LogP contribution in [0, 0.1) is 5.92 Å². The van der Waals surface area contributed by atoms with Crippen molar-refractivity contribution in [3.8, 4) is 0 Å². The lowest BCUT2D eigenvalue weighted by atomic mass is 10.00. The molecule has 1 aromatic heterocycles. The highest BCUT2D eigenvalue weighted by atomic mass is 32.1. The third-order valence-corrected chi connectivity index (χ3v) is 5.06. The van der Waals surface area contributed by atoms with Crippen LogP contribution in [0.4, 0.5) is 5.13 Å². The molecule has 1 aliphatic heterocycles. The molecule has 2 aromatic rings. The minimum atomic E-state index is 0.674. The lowest BCUT2D eigenvalue weighted by molar-refractivity contribution is 0.278. The van der Waals surface area contributed by atoms with E-state index in [0.29, 0.717) is 12.5 Å². The number of aliphatic imine (C=N–C) groups is 1. The van der Waals surface area contributed by atoms with Crippen molar-refractivity contribution in [1.29, 1.82) is 0 Å². The van der Waals surface area contributed by atoms with Gasteiger partial charge in [-0.25, -0.2) is 4.98 Å². The molecule has 0 bridgehead atoms. The number of para-hydroxylation sites is 1. The van der Waals surface area contributed by atoms with Gasteiger partial charge in [0.05, 0.1) is 16.8 Å². The highest BCUT2D eigenvalue weighted by molar-refractivity contribution is 7.22. The largest absolute Gasteiger partial charge is 0.370 e. The maximum atomic E-state index is 6.07. The maximum absolute atomic E-state index is 6.07. The van der Waals surface area contributed by atoms with Crippen molar-refractivity contribution >= 4 is 32.6 Å². The zero-order valence-electron chi connectivity index (χ0n) is 13.0. The average molecular weight is 317 g/mol. The first kappa shape index (κ1) is 15.1. The highest BCUT2D eigenvalue weighted by Crippen LogP contribution is 2.25. The molecule has 0 atom stereocenters. The standard InChI is InChI=1S/C16H23N5S/c1-12-6-10-21(11-7-12)15(17)18-8-9-19-16-20-13-4-2-3-5-14(13)22-16/h2-5,12H,6-11H2,1H3,(H2,17,18)(H,19,20). The Hall–Kier alpha value is -1.82. The molecule has 6 heteroatoms. The Morgan fingerprint density at radius 3 is 2.95 bits per heavy atom. The number of aromatic nitrogens is 1. The van der Waals surface area contributed by atoms with E-state index in [1.165, 1.54) is 17.5 Å².